The lowest BCUT2D eigenvalue weighted by molar-refractivity contribution is 1.28. The largest absolute Gasteiger partial charge is 0.311 e. The number of hydrogen-bond acceptors (Lipinski definition) is 4. The smallest absolute Gasteiger partial charge is 0.0965 e. The van der Waals surface area contributed by atoms with Crippen molar-refractivity contribution in [2.24, 2.45) is 0 Å². The third kappa shape index (κ3) is 5.83. The molecule has 0 radical (unpaired) electrons. The predicted octanol–water partition coefficient (Wildman–Crippen LogP) is 15.5. The van der Waals surface area contributed by atoms with Gasteiger partial charge in [0.15, 0.2) is 0 Å². The molecule has 0 aliphatic heterocycles. The highest BCUT2D eigenvalue weighted by atomic mass is 15.1. The van der Waals surface area contributed by atoms with Crippen LogP contribution in [0.4, 0.5) is 17.1 Å². The van der Waals surface area contributed by atoms with Gasteiger partial charge in [-0.1, -0.05) is 127 Å². The van der Waals surface area contributed by atoms with Crippen molar-refractivity contribution in [1.29, 1.82) is 0 Å². The molecule has 0 saturated heterocycles. The molecule has 5 nitrogen and oxygen atoms in total. The van der Waals surface area contributed by atoms with Crippen LogP contribution in [0.3, 0.4) is 0 Å². The lowest BCUT2D eigenvalue weighted by Gasteiger charge is -2.26. The minimum Gasteiger partial charge on any atom is -0.311 e. The van der Waals surface area contributed by atoms with E-state index in [1.165, 1.54) is 49.2 Å². The maximum absolute atomic E-state index is 5.10. The van der Waals surface area contributed by atoms with E-state index in [0.29, 0.717) is 0 Å². The van der Waals surface area contributed by atoms with E-state index in [0.717, 1.165) is 72.6 Å². The highest BCUT2D eigenvalue weighted by molar-refractivity contribution is 6.24. The average Bonchev–Trinajstić information content (AvgIpc) is 3.89. The maximum atomic E-state index is 5.10. The van der Waals surface area contributed by atoms with Gasteiger partial charge in [0.2, 0.25) is 0 Å². The number of aromatic nitrogens is 4. The number of pyridine rings is 3. The Morgan fingerprint density at radius 2 is 0.906 bits per heavy atom. The van der Waals surface area contributed by atoms with Gasteiger partial charge in [-0.25, -0.2) is 9.97 Å². The predicted molar refractivity (Wildman–Crippen MR) is 266 cm³/mol. The van der Waals surface area contributed by atoms with Gasteiger partial charge in [0.05, 0.1) is 44.5 Å². The number of para-hydroxylation sites is 3. The molecule has 13 rings (SSSR count). The molecule has 0 aliphatic rings. The van der Waals surface area contributed by atoms with Crippen molar-refractivity contribution in [3.05, 3.63) is 225 Å². The number of rotatable bonds is 7. The number of hydrogen-bond donors (Lipinski definition) is 0. The average molecular weight is 816 g/mol. The van der Waals surface area contributed by atoms with Crippen molar-refractivity contribution in [3.8, 4) is 44.8 Å². The lowest BCUT2D eigenvalue weighted by atomic mass is 9.99. The van der Waals surface area contributed by atoms with Gasteiger partial charge >= 0.3 is 0 Å². The molecular formula is C59H37N5. The van der Waals surface area contributed by atoms with Crippen molar-refractivity contribution < 1.29 is 0 Å². The van der Waals surface area contributed by atoms with Crippen molar-refractivity contribution in [1.82, 2.24) is 19.4 Å². The third-order valence-electron chi connectivity index (χ3n) is 12.8. The van der Waals surface area contributed by atoms with Crippen molar-refractivity contribution in [3.63, 3.8) is 0 Å². The minimum absolute atomic E-state index is 0.869. The quantitative estimate of drug-likeness (QED) is 0.161. The minimum atomic E-state index is 0.869. The van der Waals surface area contributed by atoms with Gasteiger partial charge in [0.25, 0.3) is 0 Å². The van der Waals surface area contributed by atoms with E-state index in [1.807, 2.05) is 30.5 Å². The summed E-state index contributed by atoms with van der Waals surface area (Å²) < 4.78 is 2.43. The lowest BCUT2D eigenvalue weighted by Crippen LogP contribution is -2.09. The first-order valence-electron chi connectivity index (χ1n) is 21.7. The van der Waals surface area contributed by atoms with Crippen LogP contribution in [0.15, 0.2) is 225 Å². The highest BCUT2D eigenvalue weighted by Crippen LogP contribution is 2.43. The van der Waals surface area contributed by atoms with Crippen molar-refractivity contribution in [2.75, 3.05) is 4.90 Å². The van der Waals surface area contributed by atoms with Gasteiger partial charge in [0, 0.05) is 66.9 Å². The van der Waals surface area contributed by atoms with Gasteiger partial charge in [0.1, 0.15) is 0 Å². The molecule has 5 heterocycles. The summed E-state index contributed by atoms with van der Waals surface area (Å²) in [6.07, 6.45) is 1.84. The molecule has 0 bridgehead atoms. The molecule has 0 saturated carbocycles. The van der Waals surface area contributed by atoms with Crippen LogP contribution in [0.1, 0.15) is 0 Å². The molecule has 0 atom stereocenters. The third-order valence-corrected chi connectivity index (χ3v) is 12.8. The molecule has 5 heteroatoms. The topological polar surface area (TPSA) is 46.3 Å². The molecule has 5 aromatic heterocycles. The maximum Gasteiger partial charge on any atom is 0.0965 e. The van der Waals surface area contributed by atoms with Crippen LogP contribution < -0.4 is 4.90 Å². The fourth-order valence-electron chi connectivity index (χ4n) is 9.70. The Bertz CT molecular complexity index is 3790. The first kappa shape index (κ1) is 36.0. The van der Waals surface area contributed by atoms with E-state index < -0.39 is 0 Å². The van der Waals surface area contributed by atoms with Gasteiger partial charge in [-0.3, -0.25) is 4.98 Å². The normalized spacial score (nSPS) is 11.8. The number of benzene rings is 8. The Morgan fingerprint density at radius 1 is 0.359 bits per heavy atom. The summed E-state index contributed by atoms with van der Waals surface area (Å²) in [5, 5.41) is 6.23. The SMILES string of the molecule is c1ccc(-c2cc(-c3ccc(N(c4ccc(-c5cc6c7ccccc7n7c8ccccc8c(c5)c67)cc4)c4ccc(-c5ccc6ccccc6n5)cc4)cc3)nc3cccnc23)cc1. The fraction of sp³-hybridized carbons (Fsp3) is 0. The Morgan fingerprint density at radius 3 is 1.58 bits per heavy atom. The molecule has 0 N–H and O–H groups in total. The first-order chi connectivity index (χ1) is 31.7. The van der Waals surface area contributed by atoms with Crippen LogP contribution in [0.25, 0.3) is 105 Å². The zero-order chi connectivity index (χ0) is 42.1. The van der Waals surface area contributed by atoms with E-state index in [2.05, 4.69) is 203 Å². The van der Waals surface area contributed by atoms with E-state index >= 15 is 0 Å². The second-order valence-electron chi connectivity index (χ2n) is 16.4. The molecule has 0 fully saturated rings. The van der Waals surface area contributed by atoms with Crippen LogP contribution in [0.2, 0.25) is 0 Å². The van der Waals surface area contributed by atoms with Crippen LogP contribution in [-0.4, -0.2) is 19.4 Å². The molecule has 0 aliphatic carbocycles. The monoisotopic (exact) mass is 815 g/mol. The van der Waals surface area contributed by atoms with Gasteiger partial charge in [-0.05, 0) is 108 Å². The summed E-state index contributed by atoms with van der Waals surface area (Å²) in [5.74, 6) is 0. The summed E-state index contributed by atoms with van der Waals surface area (Å²) in [6.45, 7) is 0. The Hall–Kier alpha value is -8.67. The Kier molecular flexibility index (Phi) is 8.15. The van der Waals surface area contributed by atoms with Crippen LogP contribution in [0.5, 0.6) is 0 Å². The van der Waals surface area contributed by atoms with Crippen LogP contribution in [-0.2, 0) is 0 Å². The summed E-state index contributed by atoms with van der Waals surface area (Å²) in [6, 6.07) is 77.9. The second kappa shape index (κ2) is 14.5. The standard InChI is InChI=1S/C59H37N5/c1-2-11-39(12-3-1)49-37-55(62-54-17-10-34-60-58(49)54)42-24-31-46(32-25-42)63(45-29-22-41(23-30-45)53-33-26-40-13-4-7-16-52(40)61-53)44-27-20-38(21-28-44)43-35-50-47-14-5-8-18-56(47)64-57-19-9-6-15-48(57)51(36-43)59(50)64/h1-37H. The van der Waals surface area contributed by atoms with Crippen LogP contribution >= 0.6 is 0 Å². The first-order valence-corrected chi connectivity index (χ1v) is 21.7. The molecule has 0 spiro atoms. The number of anilines is 3. The summed E-state index contributed by atoms with van der Waals surface area (Å²) in [7, 11) is 0. The van der Waals surface area contributed by atoms with Crippen molar-refractivity contribution in [2.45, 2.75) is 0 Å². The summed E-state index contributed by atoms with van der Waals surface area (Å²) in [4.78, 5) is 17.1. The Balaban J connectivity index is 0.913. The molecule has 8 aromatic carbocycles. The van der Waals surface area contributed by atoms with Crippen molar-refractivity contribution >= 4 is 77.1 Å². The molecule has 0 unspecified atom stereocenters. The van der Waals surface area contributed by atoms with Crippen LogP contribution in [0, 0.1) is 0 Å². The molecular weight excluding hydrogens is 779 g/mol. The molecule has 13 aromatic rings. The van der Waals surface area contributed by atoms with E-state index in [9.17, 15) is 0 Å². The Labute approximate surface area is 369 Å². The van der Waals surface area contributed by atoms with E-state index in [4.69, 9.17) is 15.0 Å². The zero-order valence-electron chi connectivity index (χ0n) is 34.6. The molecule has 0 amide bonds. The molecule has 298 valence electrons. The van der Waals surface area contributed by atoms with Gasteiger partial charge in [-0.15, -0.1) is 0 Å². The molecule has 64 heavy (non-hydrogen) atoms. The summed E-state index contributed by atoms with van der Waals surface area (Å²) >= 11 is 0. The van der Waals surface area contributed by atoms with Gasteiger partial charge in [-0.2, -0.15) is 0 Å². The van der Waals surface area contributed by atoms with E-state index in [1.54, 1.807) is 0 Å². The van der Waals surface area contributed by atoms with E-state index in [-0.39, 0.29) is 0 Å². The highest BCUT2D eigenvalue weighted by Gasteiger charge is 2.20. The number of fused-ring (bicyclic) bond motifs is 8. The second-order valence-corrected chi connectivity index (χ2v) is 16.4. The number of nitrogens with zero attached hydrogens (tertiary/aromatic N) is 5. The zero-order valence-corrected chi connectivity index (χ0v) is 34.6. The fourth-order valence-corrected chi connectivity index (χ4v) is 9.70. The van der Waals surface area contributed by atoms with Gasteiger partial charge < -0.3 is 9.30 Å². The summed E-state index contributed by atoms with van der Waals surface area (Å²) in [5.41, 5.74) is 18.2.